The summed E-state index contributed by atoms with van der Waals surface area (Å²) in [4.78, 5) is 14.7. The molecule has 3 nitrogen and oxygen atoms in total. The third-order valence-corrected chi connectivity index (χ3v) is 5.49. The zero-order valence-electron chi connectivity index (χ0n) is 16.6. The molecule has 1 aliphatic rings. The van der Waals surface area contributed by atoms with Gasteiger partial charge in [-0.15, -0.1) is 12.4 Å². The first-order valence-corrected chi connectivity index (χ1v) is 10.3. The van der Waals surface area contributed by atoms with E-state index in [1.807, 2.05) is 30.3 Å². The van der Waals surface area contributed by atoms with Crippen molar-refractivity contribution in [2.75, 3.05) is 13.1 Å². The maximum atomic E-state index is 12.3. The van der Waals surface area contributed by atoms with Crippen LogP contribution in [-0.4, -0.2) is 30.0 Å². The molecule has 3 aromatic rings. The van der Waals surface area contributed by atoms with Crippen LogP contribution in [0.1, 0.15) is 42.5 Å². The number of likely N-dealkylation sites (tertiary alicyclic amines) is 1. The highest BCUT2D eigenvalue weighted by molar-refractivity contribution is 5.95. The zero-order valence-corrected chi connectivity index (χ0v) is 17.4. The van der Waals surface area contributed by atoms with E-state index in [0.717, 1.165) is 37.2 Å². The number of hydrogen-bond acceptors (Lipinski definition) is 3. The van der Waals surface area contributed by atoms with E-state index in [-0.39, 0.29) is 24.4 Å². The molecule has 1 saturated heterocycles. The van der Waals surface area contributed by atoms with E-state index in [1.165, 1.54) is 23.6 Å². The number of nitrogens with zero attached hydrogens (tertiary/aromatic N) is 1. The maximum absolute atomic E-state index is 12.3. The van der Waals surface area contributed by atoms with Crippen molar-refractivity contribution < 1.29 is 9.53 Å². The first-order valence-electron chi connectivity index (χ1n) is 10.3. The minimum atomic E-state index is 0. The van der Waals surface area contributed by atoms with Crippen molar-refractivity contribution >= 4 is 29.0 Å². The molecule has 3 aromatic carbocycles. The van der Waals surface area contributed by atoms with Gasteiger partial charge in [0.1, 0.15) is 5.75 Å². The van der Waals surface area contributed by atoms with Gasteiger partial charge in [0.15, 0.2) is 12.0 Å². The fourth-order valence-corrected chi connectivity index (χ4v) is 3.96. The molecule has 4 heteroatoms. The number of Topliss-reactive ketones (excluding diaryl/α,β-unsaturated/α-hetero) is 1. The summed E-state index contributed by atoms with van der Waals surface area (Å²) in [7, 11) is 0. The maximum Gasteiger partial charge on any atom is 0.162 e. The van der Waals surface area contributed by atoms with Crippen LogP contribution < -0.4 is 4.74 Å². The minimum absolute atomic E-state index is 0. The number of benzene rings is 3. The second-order valence-electron chi connectivity index (χ2n) is 7.51. The van der Waals surface area contributed by atoms with Crippen molar-refractivity contribution in [3.63, 3.8) is 0 Å². The highest BCUT2D eigenvalue weighted by atomic mass is 35.5. The first-order chi connectivity index (χ1) is 13.8. The zero-order chi connectivity index (χ0) is 19.2. The van der Waals surface area contributed by atoms with Crippen LogP contribution in [0.5, 0.6) is 5.75 Å². The number of piperidine rings is 1. The molecule has 4 rings (SSSR count). The summed E-state index contributed by atoms with van der Waals surface area (Å²) in [6.45, 7) is 1.94. The lowest BCUT2D eigenvalue weighted by atomic mass is 10.1. The van der Waals surface area contributed by atoms with E-state index in [2.05, 4.69) is 47.4 Å². The van der Waals surface area contributed by atoms with Gasteiger partial charge >= 0.3 is 0 Å². The van der Waals surface area contributed by atoms with Gasteiger partial charge in [-0.05, 0) is 48.6 Å². The van der Waals surface area contributed by atoms with Crippen LogP contribution in [0.4, 0.5) is 0 Å². The Bertz CT molecular complexity index is 928. The van der Waals surface area contributed by atoms with E-state index in [0.29, 0.717) is 6.42 Å². The predicted octanol–water partition coefficient (Wildman–Crippen LogP) is 6.12. The molecule has 0 aromatic heterocycles. The van der Waals surface area contributed by atoms with Crippen molar-refractivity contribution in [3.8, 4) is 5.75 Å². The number of carbonyl (C=O) groups excluding carboxylic acids is 1. The minimum Gasteiger partial charge on any atom is -0.475 e. The van der Waals surface area contributed by atoms with Gasteiger partial charge in [-0.3, -0.25) is 9.69 Å². The van der Waals surface area contributed by atoms with E-state index < -0.39 is 0 Å². The molecule has 0 spiro atoms. The number of ketones is 1. The third kappa shape index (κ3) is 5.59. The van der Waals surface area contributed by atoms with Crippen molar-refractivity contribution in [1.82, 2.24) is 4.90 Å². The average Bonchev–Trinajstić information content (AvgIpc) is 2.75. The van der Waals surface area contributed by atoms with Crippen LogP contribution in [-0.2, 0) is 0 Å². The number of fused-ring (bicyclic) bond motifs is 1. The number of rotatable bonds is 7. The highest BCUT2D eigenvalue weighted by Gasteiger charge is 2.24. The van der Waals surface area contributed by atoms with Gasteiger partial charge in [0.25, 0.3) is 0 Å². The number of carbonyl (C=O) groups is 1. The van der Waals surface area contributed by atoms with E-state index in [9.17, 15) is 4.79 Å². The van der Waals surface area contributed by atoms with Gasteiger partial charge in [0.2, 0.25) is 0 Å². The van der Waals surface area contributed by atoms with E-state index in [4.69, 9.17) is 4.74 Å². The number of hydrogen-bond donors (Lipinski definition) is 0. The molecule has 1 atom stereocenters. The Hall–Kier alpha value is -2.36. The quantitative estimate of drug-likeness (QED) is 0.440. The van der Waals surface area contributed by atoms with Gasteiger partial charge < -0.3 is 4.74 Å². The fraction of sp³-hybridized carbons (Fsp3) is 0.320. The van der Waals surface area contributed by atoms with Crippen LogP contribution in [0, 0.1) is 0 Å². The number of ether oxygens (including phenoxy) is 1. The molecule has 0 bridgehead atoms. The summed E-state index contributed by atoms with van der Waals surface area (Å²) in [5.74, 6) is 1.15. The second-order valence-corrected chi connectivity index (χ2v) is 7.51. The molecule has 0 amide bonds. The Morgan fingerprint density at radius 3 is 2.52 bits per heavy atom. The van der Waals surface area contributed by atoms with Crippen LogP contribution in [0.15, 0.2) is 72.8 Å². The predicted molar refractivity (Wildman–Crippen MR) is 121 cm³/mol. The van der Waals surface area contributed by atoms with Crippen molar-refractivity contribution in [2.45, 2.75) is 38.3 Å². The smallest absolute Gasteiger partial charge is 0.162 e. The molecule has 0 aliphatic carbocycles. The molecule has 0 N–H and O–H groups in total. The van der Waals surface area contributed by atoms with Gasteiger partial charge in [-0.2, -0.15) is 0 Å². The van der Waals surface area contributed by atoms with Crippen LogP contribution in [0.2, 0.25) is 0 Å². The molecular formula is C25H28ClNO2. The second kappa shape index (κ2) is 10.4. The summed E-state index contributed by atoms with van der Waals surface area (Å²) >= 11 is 0. The normalized spacial score (nSPS) is 16.9. The lowest BCUT2D eigenvalue weighted by Crippen LogP contribution is -2.43. The molecule has 1 unspecified atom stereocenters. The average molecular weight is 410 g/mol. The Labute approximate surface area is 179 Å². The standard InChI is InChI=1S/C25H27NO2.ClH/c27-24(21-10-2-1-3-11-21)13-8-18-26-17-7-6-14-25(26)28-23-16-15-20-9-4-5-12-22(20)19-23;/h1-5,9-12,15-16,19,25H,6-8,13-14,17-18H2;1H. The molecule has 0 radical (unpaired) electrons. The first kappa shape index (κ1) is 21.4. The molecule has 1 aliphatic heterocycles. The molecule has 0 saturated carbocycles. The summed E-state index contributed by atoms with van der Waals surface area (Å²) in [5, 5.41) is 2.44. The van der Waals surface area contributed by atoms with E-state index >= 15 is 0 Å². The van der Waals surface area contributed by atoms with Gasteiger partial charge in [-0.25, -0.2) is 0 Å². The van der Waals surface area contributed by atoms with Crippen molar-refractivity contribution in [1.29, 1.82) is 0 Å². The van der Waals surface area contributed by atoms with E-state index in [1.54, 1.807) is 0 Å². The summed E-state index contributed by atoms with van der Waals surface area (Å²) in [6.07, 6.45) is 4.98. The Kier molecular flexibility index (Phi) is 7.68. The SMILES string of the molecule is Cl.O=C(CCCN1CCCCC1Oc1ccc2ccccc2c1)c1ccccc1. The summed E-state index contributed by atoms with van der Waals surface area (Å²) < 4.78 is 6.36. The largest absolute Gasteiger partial charge is 0.475 e. The molecule has 1 heterocycles. The third-order valence-electron chi connectivity index (χ3n) is 5.49. The Balaban J connectivity index is 0.00000240. The highest BCUT2D eigenvalue weighted by Crippen LogP contribution is 2.25. The monoisotopic (exact) mass is 409 g/mol. The summed E-state index contributed by atoms with van der Waals surface area (Å²) in [5.41, 5.74) is 0.810. The molecule has 152 valence electrons. The van der Waals surface area contributed by atoms with Crippen molar-refractivity contribution in [3.05, 3.63) is 78.4 Å². The lowest BCUT2D eigenvalue weighted by Gasteiger charge is -2.35. The topological polar surface area (TPSA) is 29.5 Å². The molecule has 29 heavy (non-hydrogen) atoms. The number of halogens is 1. The van der Waals surface area contributed by atoms with Gasteiger partial charge in [0, 0.05) is 25.1 Å². The van der Waals surface area contributed by atoms with Crippen LogP contribution >= 0.6 is 12.4 Å². The fourth-order valence-electron chi connectivity index (χ4n) is 3.96. The Morgan fingerprint density at radius 1 is 0.931 bits per heavy atom. The summed E-state index contributed by atoms with van der Waals surface area (Å²) in [6, 6.07) is 24.3. The van der Waals surface area contributed by atoms with Gasteiger partial charge in [-0.1, -0.05) is 60.7 Å². The van der Waals surface area contributed by atoms with Crippen molar-refractivity contribution in [2.24, 2.45) is 0 Å². The van der Waals surface area contributed by atoms with Crippen LogP contribution in [0.25, 0.3) is 10.8 Å². The molecular weight excluding hydrogens is 382 g/mol. The molecule has 1 fully saturated rings. The Morgan fingerprint density at radius 2 is 1.69 bits per heavy atom. The lowest BCUT2D eigenvalue weighted by molar-refractivity contribution is -0.00443. The van der Waals surface area contributed by atoms with Crippen LogP contribution in [0.3, 0.4) is 0 Å². The van der Waals surface area contributed by atoms with Gasteiger partial charge in [0.05, 0.1) is 0 Å².